The van der Waals surface area contributed by atoms with Gasteiger partial charge in [0.15, 0.2) is 0 Å². The van der Waals surface area contributed by atoms with Crippen molar-refractivity contribution in [1.29, 1.82) is 0 Å². The fraction of sp³-hybridized carbons (Fsp3) is 0. The molecule has 14 heavy (non-hydrogen) atoms. The molecule has 0 aromatic carbocycles. The summed E-state index contributed by atoms with van der Waals surface area (Å²) in [6.45, 7) is 0. The molecular weight excluding hydrogens is 218 g/mol. The van der Waals surface area contributed by atoms with E-state index < -0.39 is 0 Å². The van der Waals surface area contributed by atoms with Gasteiger partial charge in [-0.3, -0.25) is 0 Å². The van der Waals surface area contributed by atoms with Crippen molar-refractivity contribution in [2.24, 2.45) is 4.99 Å². The smallest absolute Gasteiger partial charge is 0.208 e. The Morgan fingerprint density at radius 1 is 1.36 bits per heavy atom. The molecule has 0 aliphatic rings. The first-order valence-corrected chi connectivity index (χ1v) is 5.15. The van der Waals surface area contributed by atoms with Gasteiger partial charge >= 0.3 is 0 Å². The molecule has 0 saturated carbocycles. The van der Waals surface area contributed by atoms with E-state index >= 15 is 0 Å². The fourth-order valence-electron chi connectivity index (χ4n) is 0.873. The van der Waals surface area contributed by atoms with Crippen LogP contribution < -0.4 is 0 Å². The second-order valence-electron chi connectivity index (χ2n) is 2.49. The number of halogens is 1. The van der Waals surface area contributed by atoms with Crippen LogP contribution in [0.1, 0.15) is 5.56 Å². The van der Waals surface area contributed by atoms with Gasteiger partial charge in [-0.05, 0) is 12.1 Å². The third-order valence-corrected chi connectivity index (χ3v) is 2.40. The summed E-state index contributed by atoms with van der Waals surface area (Å²) < 4.78 is 0. The highest BCUT2D eigenvalue weighted by atomic mass is 35.5. The Balaban J connectivity index is 2.15. The number of nitrogens with zero attached hydrogens (tertiary/aromatic N) is 3. The van der Waals surface area contributed by atoms with Crippen LogP contribution in [0.25, 0.3) is 0 Å². The summed E-state index contributed by atoms with van der Waals surface area (Å²) in [6, 6.07) is 3.58. The zero-order valence-electron chi connectivity index (χ0n) is 7.09. The van der Waals surface area contributed by atoms with Crippen LogP contribution in [-0.4, -0.2) is 16.2 Å². The quantitative estimate of drug-likeness (QED) is 0.580. The summed E-state index contributed by atoms with van der Waals surface area (Å²) in [5.41, 5.74) is 0.907. The monoisotopic (exact) mass is 223 g/mol. The average Bonchev–Trinajstić information content (AvgIpc) is 2.70. The van der Waals surface area contributed by atoms with E-state index in [1.54, 1.807) is 24.7 Å². The van der Waals surface area contributed by atoms with Gasteiger partial charge in [-0.25, -0.2) is 15.0 Å². The maximum absolute atomic E-state index is 5.65. The molecule has 2 aromatic rings. The summed E-state index contributed by atoms with van der Waals surface area (Å²) in [7, 11) is 0. The highest BCUT2D eigenvalue weighted by Gasteiger charge is 1.91. The molecule has 2 rings (SSSR count). The van der Waals surface area contributed by atoms with Crippen LogP contribution in [0.4, 0.5) is 5.13 Å². The van der Waals surface area contributed by atoms with Gasteiger partial charge in [0.2, 0.25) is 5.13 Å². The molecule has 0 atom stereocenters. The minimum absolute atomic E-state index is 0.483. The van der Waals surface area contributed by atoms with Gasteiger partial charge in [0.05, 0.1) is 0 Å². The molecule has 0 aliphatic carbocycles. The highest BCUT2D eigenvalue weighted by Crippen LogP contribution is 2.14. The molecule has 0 saturated heterocycles. The van der Waals surface area contributed by atoms with E-state index in [-0.39, 0.29) is 0 Å². The Hall–Kier alpha value is -1.26. The normalized spacial score (nSPS) is 10.9. The number of hydrogen-bond acceptors (Lipinski definition) is 4. The topological polar surface area (TPSA) is 38.1 Å². The van der Waals surface area contributed by atoms with Gasteiger partial charge in [0.25, 0.3) is 0 Å². The molecule has 0 unspecified atom stereocenters. The van der Waals surface area contributed by atoms with E-state index in [2.05, 4.69) is 15.0 Å². The summed E-state index contributed by atoms with van der Waals surface area (Å²) in [4.78, 5) is 12.1. The van der Waals surface area contributed by atoms with Gasteiger partial charge in [-0.2, -0.15) is 0 Å². The lowest BCUT2D eigenvalue weighted by Gasteiger charge is -1.90. The first kappa shape index (κ1) is 9.30. The molecule has 5 heteroatoms. The van der Waals surface area contributed by atoms with E-state index in [0.29, 0.717) is 5.15 Å². The van der Waals surface area contributed by atoms with Gasteiger partial charge in [0.1, 0.15) is 5.15 Å². The predicted octanol–water partition coefficient (Wildman–Crippen LogP) is 2.94. The summed E-state index contributed by atoms with van der Waals surface area (Å²) in [6.07, 6.45) is 5.10. The minimum Gasteiger partial charge on any atom is -0.244 e. The third-order valence-electron chi connectivity index (χ3n) is 1.49. The summed E-state index contributed by atoms with van der Waals surface area (Å²) in [5.74, 6) is 0. The van der Waals surface area contributed by atoms with E-state index in [9.17, 15) is 0 Å². The molecule has 2 heterocycles. The standard InChI is InChI=1S/C9H6ClN3S/c10-8-2-1-7(5-12-8)6-13-9-11-3-4-14-9/h1-6H/b13-6+. The highest BCUT2D eigenvalue weighted by molar-refractivity contribution is 7.13. The van der Waals surface area contributed by atoms with Crippen molar-refractivity contribution >= 4 is 34.3 Å². The van der Waals surface area contributed by atoms with Crippen molar-refractivity contribution in [2.75, 3.05) is 0 Å². The van der Waals surface area contributed by atoms with Crippen molar-refractivity contribution in [3.8, 4) is 0 Å². The number of thiazole rings is 1. The lowest BCUT2D eigenvalue weighted by molar-refractivity contribution is 1.31. The van der Waals surface area contributed by atoms with E-state index in [4.69, 9.17) is 11.6 Å². The molecule has 3 nitrogen and oxygen atoms in total. The Bertz CT molecular complexity index is 422. The maximum atomic E-state index is 5.65. The Labute approximate surface area is 90.1 Å². The number of aromatic nitrogens is 2. The number of rotatable bonds is 2. The number of aliphatic imine (C=N–C) groups is 1. The fourth-order valence-corrected chi connectivity index (χ4v) is 1.46. The Morgan fingerprint density at radius 3 is 2.93 bits per heavy atom. The molecule has 0 amide bonds. The number of pyridine rings is 1. The van der Waals surface area contributed by atoms with Crippen molar-refractivity contribution in [3.63, 3.8) is 0 Å². The number of hydrogen-bond donors (Lipinski definition) is 0. The first-order chi connectivity index (χ1) is 6.84. The van der Waals surface area contributed by atoms with Crippen molar-refractivity contribution in [3.05, 3.63) is 40.6 Å². The van der Waals surface area contributed by atoms with Crippen LogP contribution in [0.5, 0.6) is 0 Å². The van der Waals surface area contributed by atoms with E-state index in [1.165, 1.54) is 11.3 Å². The predicted molar refractivity (Wildman–Crippen MR) is 58.6 cm³/mol. The third kappa shape index (κ3) is 2.37. The van der Waals surface area contributed by atoms with Crippen LogP contribution in [0.3, 0.4) is 0 Å². The average molecular weight is 224 g/mol. The molecule has 2 aromatic heterocycles. The molecule has 0 bridgehead atoms. The largest absolute Gasteiger partial charge is 0.244 e. The molecule has 0 N–H and O–H groups in total. The van der Waals surface area contributed by atoms with Crippen molar-refractivity contribution < 1.29 is 0 Å². The van der Waals surface area contributed by atoms with Crippen LogP contribution in [0, 0.1) is 0 Å². The molecule has 0 radical (unpaired) electrons. The molecular formula is C9H6ClN3S. The summed E-state index contributed by atoms with van der Waals surface area (Å²) in [5, 5.41) is 3.10. The maximum Gasteiger partial charge on any atom is 0.208 e. The van der Waals surface area contributed by atoms with Crippen LogP contribution >= 0.6 is 22.9 Å². The Morgan fingerprint density at radius 2 is 2.29 bits per heavy atom. The first-order valence-electron chi connectivity index (χ1n) is 3.90. The molecule has 0 aliphatic heterocycles. The molecule has 70 valence electrons. The lowest BCUT2D eigenvalue weighted by Crippen LogP contribution is -1.82. The second-order valence-corrected chi connectivity index (χ2v) is 3.75. The van der Waals surface area contributed by atoms with Gasteiger partial charge in [0, 0.05) is 29.6 Å². The molecule has 0 spiro atoms. The van der Waals surface area contributed by atoms with Crippen molar-refractivity contribution in [2.45, 2.75) is 0 Å². The Kier molecular flexibility index (Phi) is 2.86. The lowest BCUT2D eigenvalue weighted by atomic mass is 10.3. The van der Waals surface area contributed by atoms with E-state index in [0.717, 1.165) is 10.7 Å². The van der Waals surface area contributed by atoms with Gasteiger partial charge < -0.3 is 0 Å². The van der Waals surface area contributed by atoms with Crippen LogP contribution in [0.2, 0.25) is 5.15 Å². The van der Waals surface area contributed by atoms with Crippen molar-refractivity contribution in [1.82, 2.24) is 9.97 Å². The molecule has 0 fully saturated rings. The van der Waals surface area contributed by atoms with Crippen LogP contribution in [0.15, 0.2) is 34.9 Å². The minimum atomic E-state index is 0.483. The van der Waals surface area contributed by atoms with Gasteiger partial charge in [-0.15, -0.1) is 11.3 Å². The summed E-state index contributed by atoms with van der Waals surface area (Å²) >= 11 is 7.14. The van der Waals surface area contributed by atoms with Gasteiger partial charge in [-0.1, -0.05) is 11.6 Å². The zero-order chi connectivity index (χ0) is 9.80. The second kappa shape index (κ2) is 4.30. The zero-order valence-corrected chi connectivity index (χ0v) is 8.66. The SMILES string of the molecule is Clc1ccc(/C=N/c2nccs2)cn1. The van der Waals surface area contributed by atoms with Crippen LogP contribution in [-0.2, 0) is 0 Å². The van der Waals surface area contributed by atoms with E-state index in [1.807, 2.05) is 11.4 Å².